The Labute approximate surface area is 206 Å². The van der Waals surface area contributed by atoms with E-state index in [-0.39, 0.29) is 48.8 Å². The molecule has 2 aliphatic heterocycles. The van der Waals surface area contributed by atoms with Crippen molar-refractivity contribution in [3.8, 4) is 17.2 Å². The van der Waals surface area contributed by atoms with Crippen LogP contribution in [-0.2, 0) is 25.3 Å². The lowest BCUT2D eigenvalue weighted by atomic mass is 9.94. The molecular weight excluding hydrogens is 464 g/mol. The zero-order valence-corrected chi connectivity index (χ0v) is 19.9. The van der Waals surface area contributed by atoms with Gasteiger partial charge < -0.3 is 20.1 Å². The molecule has 3 aromatic rings. The lowest BCUT2D eigenvalue weighted by Gasteiger charge is -2.20. The number of ether oxygens (including phenoxy) is 1. The summed E-state index contributed by atoms with van der Waals surface area (Å²) in [6, 6.07) is 13.1. The lowest BCUT2D eigenvalue weighted by molar-refractivity contribution is -0.121. The number of aromatic hydroxyl groups is 1. The smallest absolute Gasteiger partial charge is 0.331 e. The number of aryl methyl sites for hydroxylation is 1. The van der Waals surface area contributed by atoms with Crippen LogP contribution in [0.15, 0.2) is 58.1 Å². The number of fused-ring (bicyclic) bond motifs is 6. The normalized spacial score (nSPS) is 19.3. The molecule has 5 rings (SSSR count). The highest BCUT2D eigenvalue weighted by Gasteiger charge is 2.38. The predicted octanol–water partition coefficient (Wildman–Crippen LogP) is 1.25. The largest absolute Gasteiger partial charge is 0.504 e. The van der Waals surface area contributed by atoms with Crippen molar-refractivity contribution in [2.75, 3.05) is 13.1 Å². The third kappa shape index (κ3) is 4.26. The van der Waals surface area contributed by atoms with Crippen LogP contribution in [0.25, 0.3) is 0 Å². The molecule has 4 bridgehead atoms. The Balaban J connectivity index is 1.51. The second-order valence-corrected chi connectivity index (χ2v) is 9.24. The van der Waals surface area contributed by atoms with Gasteiger partial charge in [-0.1, -0.05) is 18.2 Å². The number of nitrogens with one attached hydrogen (secondary N) is 1. The van der Waals surface area contributed by atoms with E-state index in [2.05, 4.69) is 5.32 Å². The maximum Gasteiger partial charge on any atom is 0.331 e. The van der Waals surface area contributed by atoms with Crippen molar-refractivity contribution in [3.05, 3.63) is 86.2 Å². The molecule has 2 aromatic carbocycles. The average Bonchev–Trinajstić information content (AvgIpc) is 3.28. The summed E-state index contributed by atoms with van der Waals surface area (Å²) in [5.74, 6) is -0.0477. The summed E-state index contributed by atoms with van der Waals surface area (Å²) >= 11 is 0. The lowest BCUT2D eigenvalue weighted by Crippen LogP contribution is -2.43. The summed E-state index contributed by atoms with van der Waals surface area (Å²) in [6.45, 7) is 0.494. The summed E-state index contributed by atoms with van der Waals surface area (Å²) in [5, 5.41) is 13.3. The second-order valence-electron chi connectivity index (χ2n) is 9.24. The Morgan fingerprint density at radius 1 is 1.00 bits per heavy atom. The number of aromatic nitrogens is 2. The van der Waals surface area contributed by atoms with Crippen molar-refractivity contribution in [1.29, 1.82) is 0 Å². The van der Waals surface area contributed by atoms with Crippen LogP contribution in [0.1, 0.15) is 34.0 Å². The van der Waals surface area contributed by atoms with Gasteiger partial charge in [-0.2, -0.15) is 0 Å². The molecule has 2 N–H and O–H groups in total. The number of rotatable bonds is 1. The van der Waals surface area contributed by atoms with Crippen molar-refractivity contribution in [2.45, 2.75) is 24.8 Å². The van der Waals surface area contributed by atoms with E-state index >= 15 is 0 Å². The van der Waals surface area contributed by atoms with Gasteiger partial charge in [0.25, 0.3) is 11.5 Å². The quantitative estimate of drug-likeness (QED) is 0.529. The van der Waals surface area contributed by atoms with Crippen LogP contribution in [0, 0.1) is 0 Å². The van der Waals surface area contributed by atoms with Crippen LogP contribution in [0.2, 0.25) is 0 Å². The fourth-order valence-electron chi connectivity index (χ4n) is 4.82. The zero-order valence-electron chi connectivity index (χ0n) is 19.9. The first-order valence-electron chi connectivity index (χ1n) is 11.7. The van der Waals surface area contributed by atoms with Gasteiger partial charge in [-0.3, -0.25) is 23.5 Å². The number of phenolic OH excluding ortho intramolecular Hbond substituents is 1. The number of carbonyl (C=O) groups excluding carboxylic acids is 2. The topological polar surface area (TPSA) is 123 Å². The number of likely N-dealkylation sites (tertiary alicyclic amines) is 1. The molecule has 186 valence electrons. The van der Waals surface area contributed by atoms with E-state index in [4.69, 9.17) is 4.74 Å². The van der Waals surface area contributed by atoms with Gasteiger partial charge in [0, 0.05) is 45.6 Å². The minimum Gasteiger partial charge on any atom is -0.504 e. The highest BCUT2D eigenvalue weighted by molar-refractivity contribution is 5.93. The van der Waals surface area contributed by atoms with Crippen molar-refractivity contribution in [1.82, 2.24) is 19.4 Å². The van der Waals surface area contributed by atoms with Gasteiger partial charge in [-0.05, 0) is 41.8 Å². The van der Waals surface area contributed by atoms with Gasteiger partial charge in [-0.15, -0.1) is 0 Å². The summed E-state index contributed by atoms with van der Waals surface area (Å²) in [5.41, 5.74) is 0.542. The minimum atomic E-state index is -0.586. The highest BCUT2D eigenvalue weighted by Crippen LogP contribution is 2.35. The van der Waals surface area contributed by atoms with E-state index < -0.39 is 17.2 Å². The number of amides is 2. The molecule has 0 unspecified atom stereocenters. The third-order valence-corrected chi connectivity index (χ3v) is 6.88. The number of benzene rings is 2. The first-order chi connectivity index (χ1) is 17.2. The van der Waals surface area contributed by atoms with Crippen LogP contribution < -0.4 is 21.3 Å². The van der Waals surface area contributed by atoms with Crippen LogP contribution in [0.4, 0.5) is 0 Å². The first-order valence-corrected chi connectivity index (χ1v) is 11.7. The minimum absolute atomic E-state index is 0.00129. The SMILES string of the molecule is Cn1c(C(=O)N2C[C@H]3NC(=O)CCc4ccc(O)c(c4)Oc4cccc(c4)[C@@H]3C2)cc(=O)n(C)c1=O. The molecule has 10 heteroatoms. The molecule has 0 spiro atoms. The van der Waals surface area contributed by atoms with Crippen molar-refractivity contribution in [2.24, 2.45) is 14.1 Å². The monoisotopic (exact) mass is 490 g/mol. The van der Waals surface area contributed by atoms with E-state index in [0.717, 1.165) is 26.3 Å². The van der Waals surface area contributed by atoms with Crippen LogP contribution in [0.5, 0.6) is 17.2 Å². The standard InChI is InChI=1S/C26H26N4O6/c1-28-20(12-24(33)29(2)26(28)35)25(34)30-13-18-16-4-3-5-17(11-16)36-22-10-15(6-8-21(22)31)7-9-23(32)27-19(18)14-30/h3-6,8,10-12,18-19,31H,7,9,13-14H2,1-2H3,(H,27,32)/t18-,19+/m0/s1. The zero-order chi connectivity index (χ0) is 25.6. The van der Waals surface area contributed by atoms with Crippen molar-refractivity contribution >= 4 is 11.8 Å². The molecule has 1 saturated heterocycles. The number of nitrogens with zero attached hydrogens (tertiary/aromatic N) is 3. The van der Waals surface area contributed by atoms with Crippen molar-refractivity contribution < 1.29 is 19.4 Å². The van der Waals surface area contributed by atoms with Crippen LogP contribution in [0.3, 0.4) is 0 Å². The Morgan fingerprint density at radius 2 is 1.81 bits per heavy atom. The fourth-order valence-corrected chi connectivity index (χ4v) is 4.82. The number of hydrogen-bond acceptors (Lipinski definition) is 6. The van der Waals surface area contributed by atoms with E-state index in [0.29, 0.717) is 17.9 Å². The maximum absolute atomic E-state index is 13.4. The molecule has 0 saturated carbocycles. The summed E-state index contributed by atoms with van der Waals surface area (Å²) in [4.78, 5) is 52.4. The van der Waals surface area contributed by atoms with Gasteiger partial charge in [0.15, 0.2) is 11.5 Å². The highest BCUT2D eigenvalue weighted by atomic mass is 16.5. The summed E-state index contributed by atoms with van der Waals surface area (Å²) < 4.78 is 8.06. The van der Waals surface area contributed by atoms with Gasteiger partial charge in [0.1, 0.15) is 11.4 Å². The van der Waals surface area contributed by atoms with Gasteiger partial charge in [-0.25, -0.2) is 4.79 Å². The van der Waals surface area contributed by atoms with Gasteiger partial charge in [0.2, 0.25) is 5.91 Å². The predicted molar refractivity (Wildman–Crippen MR) is 130 cm³/mol. The molecule has 36 heavy (non-hydrogen) atoms. The molecule has 10 nitrogen and oxygen atoms in total. The van der Waals surface area contributed by atoms with Gasteiger partial charge >= 0.3 is 5.69 Å². The second kappa shape index (κ2) is 9.03. The molecule has 0 radical (unpaired) electrons. The average molecular weight is 491 g/mol. The molecule has 0 aliphatic carbocycles. The molecule has 2 aliphatic rings. The molecular formula is C26H26N4O6. The van der Waals surface area contributed by atoms with E-state index in [1.807, 2.05) is 18.2 Å². The summed E-state index contributed by atoms with van der Waals surface area (Å²) in [6.07, 6.45) is 0.678. The van der Waals surface area contributed by atoms with Gasteiger partial charge in [0.05, 0.1) is 6.04 Å². The summed E-state index contributed by atoms with van der Waals surface area (Å²) in [7, 11) is 2.81. The number of hydrogen-bond donors (Lipinski definition) is 2. The van der Waals surface area contributed by atoms with E-state index in [9.17, 15) is 24.3 Å². The Morgan fingerprint density at radius 3 is 2.61 bits per heavy atom. The van der Waals surface area contributed by atoms with Crippen LogP contribution >= 0.6 is 0 Å². The van der Waals surface area contributed by atoms with E-state index in [1.54, 1.807) is 29.2 Å². The Kier molecular flexibility index (Phi) is 5.87. The first kappa shape index (κ1) is 23.4. The Hall–Kier alpha value is -4.34. The molecule has 2 amide bonds. The molecule has 1 fully saturated rings. The molecule has 3 heterocycles. The molecule has 1 aromatic heterocycles. The Bertz CT molecular complexity index is 1490. The fraction of sp³-hybridized carbons (Fsp3) is 0.308. The van der Waals surface area contributed by atoms with Crippen molar-refractivity contribution in [3.63, 3.8) is 0 Å². The third-order valence-electron chi connectivity index (χ3n) is 6.88. The number of carbonyl (C=O) groups is 2. The molecule has 2 atom stereocenters. The van der Waals surface area contributed by atoms with E-state index in [1.165, 1.54) is 14.1 Å². The number of phenols is 1. The maximum atomic E-state index is 13.4. The van der Waals surface area contributed by atoms with Crippen LogP contribution in [-0.4, -0.2) is 50.1 Å².